The van der Waals surface area contributed by atoms with Gasteiger partial charge in [-0.05, 0) is 44.7 Å². The van der Waals surface area contributed by atoms with Crippen LogP contribution in [0.25, 0.3) is 11.0 Å². The molecule has 1 saturated carbocycles. The fourth-order valence-corrected chi connectivity index (χ4v) is 4.92. The van der Waals surface area contributed by atoms with Gasteiger partial charge < -0.3 is 18.8 Å². The van der Waals surface area contributed by atoms with Crippen molar-refractivity contribution in [3.63, 3.8) is 0 Å². The lowest BCUT2D eigenvalue weighted by Crippen LogP contribution is -2.43. The molecule has 1 aliphatic carbocycles. The number of furan rings is 1. The van der Waals surface area contributed by atoms with Crippen LogP contribution in [-0.4, -0.2) is 48.5 Å². The van der Waals surface area contributed by atoms with E-state index < -0.39 is 0 Å². The molecular weight excluding hydrogens is 358 g/mol. The predicted octanol–water partition coefficient (Wildman–Crippen LogP) is 3.88. The van der Waals surface area contributed by atoms with E-state index >= 15 is 0 Å². The van der Waals surface area contributed by atoms with Crippen LogP contribution in [0.2, 0.25) is 0 Å². The van der Waals surface area contributed by atoms with E-state index in [0.29, 0.717) is 55.4 Å². The quantitative estimate of drug-likeness (QED) is 0.747. The Kier molecular flexibility index (Phi) is 4.19. The van der Waals surface area contributed by atoms with E-state index in [1.54, 1.807) is 4.90 Å². The van der Waals surface area contributed by atoms with E-state index in [1.807, 2.05) is 19.1 Å². The fourth-order valence-electron chi connectivity index (χ4n) is 4.92. The maximum Gasteiger partial charge on any atom is 0.290 e. The molecular formula is C22H25NO5. The molecule has 2 fully saturated rings. The van der Waals surface area contributed by atoms with Gasteiger partial charge in [-0.15, -0.1) is 0 Å². The van der Waals surface area contributed by atoms with Gasteiger partial charge in [-0.1, -0.05) is 6.42 Å². The lowest BCUT2D eigenvalue weighted by molar-refractivity contribution is 0.0139. The van der Waals surface area contributed by atoms with Gasteiger partial charge in [0.15, 0.2) is 11.5 Å². The van der Waals surface area contributed by atoms with Crippen molar-refractivity contribution >= 4 is 22.7 Å². The molecule has 0 bridgehead atoms. The Hall–Kier alpha value is -2.34. The number of morpholine rings is 1. The number of ketones is 1. The van der Waals surface area contributed by atoms with Gasteiger partial charge >= 0.3 is 0 Å². The summed E-state index contributed by atoms with van der Waals surface area (Å²) in [5.74, 6) is 0.915. The number of Topliss-reactive ketones (excluding diaryl/α,β-unsaturated/α-hetero) is 1. The molecule has 1 spiro atoms. The standard InChI is InChI=1S/C22H25NO5/c1-14-18-16(27-20(14)21(25)23-9-11-26-12-10-23)5-6-17-19(18)15(24)13-22(28-17)7-3-2-4-8-22/h5-6H,2-4,7-13H2,1H3. The van der Waals surface area contributed by atoms with Crippen LogP contribution >= 0.6 is 0 Å². The number of nitrogens with zero attached hydrogens (tertiary/aromatic N) is 1. The van der Waals surface area contributed by atoms with Gasteiger partial charge in [-0.2, -0.15) is 0 Å². The first kappa shape index (κ1) is 17.7. The molecule has 5 rings (SSSR count). The van der Waals surface area contributed by atoms with Crippen molar-refractivity contribution in [2.45, 2.75) is 51.0 Å². The topological polar surface area (TPSA) is 69.0 Å². The van der Waals surface area contributed by atoms with Gasteiger partial charge in [-0.25, -0.2) is 0 Å². The van der Waals surface area contributed by atoms with Crippen LogP contribution in [-0.2, 0) is 4.74 Å². The summed E-state index contributed by atoms with van der Waals surface area (Å²) >= 11 is 0. The number of carbonyl (C=O) groups is 2. The number of fused-ring (bicyclic) bond motifs is 3. The first-order valence-electron chi connectivity index (χ1n) is 10.2. The third kappa shape index (κ3) is 2.73. The highest BCUT2D eigenvalue weighted by Gasteiger charge is 2.42. The minimum Gasteiger partial charge on any atom is -0.486 e. The molecule has 28 heavy (non-hydrogen) atoms. The smallest absolute Gasteiger partial charge is 0.290 e. The van der Waals surface area contributed by atoms with Crippen LogP contribution in [0.3, 0.4) is 0 Å². The van der Waals surface area contributed by atoms with Crippen LogP contribution in [0.15, 0.2) is 16.5 Å². The van der Waals surface area contributed by atoms with Crippen LogP contribution in [0.1, 0.15) is 65.0 Å². The highest BCUT2D eigenvalue weighted by molar-refractivity contribution is 6.13. The highest BCUT2D eigenvalue weighted by Crippen LogP contribution is 2.45. The van der Waals surface area contributed by atoms with Crippen molar-refractivity contribution in [1.82, 2.24) is 4.90 Å². The Morgan fingerprint density at radius 3 is 2.61 bits per heavy atom. The summed E-state index contributed by atoms with van der Waals surface area (Å²) < 4.78 is 17.7. The van der Waals surface area contributed by atoms with Crippen molar-refractivity contribution in [3.05, 3.63) is 29.0 Å². The summed E-state index contributed by atoms with van der Waals surface area (Å²) in [7, 11) is 0. The summed E-state index contributed by atoms with van der Waals surface area (Å²) in [6, 6.07) is 3.66. The summed E-state index contributed by atoms with van der Waals surface area (Å²) in [6.07, 6.45) is 5.69. The fraction of sp³-hybridized carbons (Fsp3) is 0.545. The molecule has 0 atom stereocenters. The number of ether oxygens (including phenoxy) is 2. The number of amides is 1. The molecule has 0 N–H and O–H groups in total. The van der Waals surface area contributed by atoms with E-state index in [-0.39, 0.29) is 17.3 Å². The molecule has 1 saturated heterocycles. The van der Waals surface area contributed by atoms with Gasteiger partial charge in [0.2, 0.25) is 0 Å². The van der Waals surface area contributed by atoms with Gasteiger partial charge in [0.05, 0.1) is 25.2 Å². The molecule has 6 nitrogen and oxygen atoms in total. The summed E-state index contributed by atoms with van der Waals surface area (Å²) in [5.41, 5.74) is 1.53. The van der Waals surface area contributed by atoms with E-state index in [4.69, 9.17) is 13.9 Å². The highest BCUT2D eigenvalue weighted by atomic mass is 16.5. The largest absolute Gasteiger partial charge is 0.486 e. The Morgan fingerprint density at radius 2 is 1.86 bits per heavy atom. The average Bonchev–Trinajstić information content (AvgIpc) is 3.05. The van der Waals surface area contributed by atoms with Crippen molar-refractivity contribution in [2.75, 3.05) is 26.3 Å². The molecule has 2 aromatic rings. The molecule has 0 radical (unpaired) electrons. The first-order valence-corrected chi connectivity index (χ1v) is 10.2. The number of benzene rings is 1. The molecule has 1 aromatic heterocycles. The zero-order valence-electron chi connectivity index (χ0n) is 16.2. The van der Waals surface area contributed by atoms with E-state index in [2.05, 4.69) is 0 Å². The SMILES string of the molecule is Cc1c(C(=O)N2CCOCC2)oc2ccc3c(c12)C(=O)CC1(CCCCC1)O3. The molecule has 0 unspecified atom stereocenters. The van der Waals surface area contributed by atoms with Crippen molar-refractivity contribution in [1.29, 1.82) is 0 Å². The summed E-state index contributed by atoms with van der Waals surface area (Å²) in [4.78, 5) is 27.9. The Balaban J connectivity index is 1.56. The van der Waals surface area contributed by atoms with Crippen molar-refractivity contribution in [3.8, 4) is 5.75 Å². The molecule has 3 aliphatic rings. The van der Waals surface area contributed by atoms with E-state index in [0.717, 1.165) is 36.6 Å². The van der Waals surface area contributed by atoms with E-state index in [9.17, 15) is 9.59 Å². The maximum absolute atomic E-state index is 13.2. The minimum absolute atomic E-state index is 0.100. The molecule has 2 aliphatic heterocycles. The van der Waals surface area contributed by atoms with Gasteiger partial charge in [0.25, 0.3) is 5.91 Å². The molecule has 1 aromatic carbocycles. The van der Waals surface area contributed by atoms with Crippen molar-refractivity contribution in [2.24, 2.45) is 0 Å². The molecule has 3 heterocycles. The normalized spacial score (nSPS) is 21.6. The second-order valence-corrected chi connectivity index (χ2v) is 8.22. The zero-order valence-corrected chi connectivity index (χ0v) is 16.2. The number of rotatable bonds is 1. The maximum atomic E-state index is 13.2. The summed E-state index contributed by atoms with van der Waals surface area (Å²) in [6.45, 7) is 4.04. The van der Waals surface area contributed by atoms with Gasteiger partial charge in [0, 0.05) is 24.0 Å². The lowest BCUT2D eigenvalue weighted by Gasteiger charge is -2.40. The van der Waals surface area contributed by atoms with Crippen LogP contribution < -0.4 is 4.74 Å². The first-order chi connectivity index (χ1) is 13.6. The molecule has 1 amide bonds. The van der Waals surface area contributed by atoms with Crippen LogP contribution in [0.4, 0.5) is 0 Å². The second-order valence-electron chi connectivity index (χ2n) is 8.22. The number of aryl methyl sites for hydroxylation is 1. The third-order valence-electron chi connectivity index (χ3n) is 6.40. The third-order valence-corrected chi connectivity index (χ3v) is 6.40. The number of hydrogen-bond acceptors (Lipinski definition) is 5. The van der Waals surface area contributed by atoms with E-state index in [1.165, 1.54) is 6.42 Å². The monoisotopic (exact) mass is 383 g/mol. The number of carbonyl (C=O) groups excluding carboxylic acids is 2. The van der Waals surface area contributed by atoms with Gasteiger partial charge in [0.1, 0.15) is 16.9 Å². The zero-order chi connectivity index (χ0) is 19.3. The molecule has 148 valence electrons. The Labute approximate surface area is 163 Å². The van der Waals surface area contributed by atoms with Gasteiger partial charge in [-0.3, -0.25) is 9.59 Å². The van der Waals surface area contributed by atoms with Crippen molar-refractivity contribution < 1.29 is 23.5 Å². The Morgan fingerprint density at radius 1 is 1.11 bits per heavy atom. The minimum atomic E-state index is -0.347. The molecule has 6 heteroatoms. The van der Waals surface area contributed by atoms with Crippen LogP contribution in [0.5, 0.6) is 5.75 Å². The second kappa shape index (κ2) is 6.62. The average molecular weight is 383 g/mol. The lowest BCUT2D eigenvalue weighted by atomic mass is 9.78. The number of hydrogen-bond donors (Lipinski definition) is 0. The predicted molar refractivity (Wildman–Crippen MR) is 103 cm³/mol. The summed E-state index contributed by atoms with van der Waals surface area (Å²) in [5, 5.41) is 0.727. The Bertz CT molecular complexity index is 947. The van der Waals surface area contributed by atoms with Crippen LogP contribution in [0, 0.1) is 6.92 Å².